The molecule has 0 amide bonds. The minimum absolute atomic E-state index is 0. The smallest absolute Gasteiger partial charge is 1.00 e. The van der Waals surface area contributed by atoms with Crippen LogP contribution in [0.3, 0.4) is 0 Å². The first-order chi connectivity index (χ1) is 1.00. The summed E-state index contributed by atoms with van der Waals surface area (Å²) in [6.45, 7) is 2.14. The number of hydrogen-bond acceptors (Lipinski definition) is 0. The van der Waals surface area contributed by atoms with Crippen LogP contribution in [0.15, 0.2) is 0 Å². The summed E-state index contributed by atoms with van der Waals surface area (Å²) in [7, 11) is 1.31. The third-order valence-corrected chi connectivity index (χ3v) is 0. The maximum absolute atomic E-state index is 2.14. The van der Waals surface area contributed by atoms with Crippen molar-refractivity contribution in [2.45, 2.75) is 6.55 Å². The van der Waals surface area contributed by atoms with Gasteiger partial charge in [-0.05, 0) is 10.2 Å². The number of hydrogen-bond donors (Lipinski definition) is 0. The Balaban J connectivity index is -0.000000000333. The molecule has 0 fully saturated rings. The Morgan fingerprint density at radius 3 is 1.00 bits per heavy atom. The van der Waals surface area contributed by atoms with E-state index in [1.807, 2.05) is 0 Å². The van der Waals surface area contributed by atoms with E-state index in [0.29, 0.717) is 0 Å². The molecule has 0 saturated heterocycles. The van der Waals surface area contributed by atoms with Crippen LogP contribution in [0.25, 0.3) is 0 Å². The average Bonchev–Trinajstić information content (AvgIpc) is 1.00. The summed E-state index contributed by atoms with van der Waals surface area (Å²) in [4.78, 5) is 0. The Morgan fingerprint density at radius 2 is 1.00 bits per heavy atom. The molecule has 0 bridgehead atoms. The molecule has 0 atom stereocenters. The summed E-state index contributed by atoms with van der Waals surface area (Å²) in [5.74, 6) is 0. The van der Waals surface area contributed by atoms with Crippen molar-refractivity contribution < 1.29 is 158 Å². The Morgan fingerprint density at radius 1 is 1.00 bits per heavy atom. The first-order valence-corrected chi connectivity index (χ1v) is 3.00. The van der Waals surface area contributed by atoms with Crippen LogP contribution >= 0.6 is 0 Å². The summed E-state index contributed by atoms with van der Waals surface area (Å²) in [5, 5.41) is 0. The van der Waals surface area contributed by atoms with Crippen LogP contribution in [0.4, 0.5) is 0 Å². The van der Waals surface area contributed by atoms with Crippen LogP contribution in [-0.4, -0.2) is 10.2 Å². The zero-order valence-corrected chi connectivity index (χ0v) is 16.4. The van der Waals surface area contributed by atoms with Gasteiger partial charge in [-0.25, -0.2) is 0 Å². The SMILES string of the molecule is C[SiH3].[H-].[H-].[H-].[K+].[K+].[K+]. The Labute approximate surface area is 169 Å². The molecule has 0 heterocycles. The summed E-state index contributed by atoms with van der Waals surface area (Å²) in [6, 6.07) is 0. The van der Waals surface area contributed by atoms with E-state index in [-0.39, 0.29) is 158 Å². The van der Waals surface area contributed by atoms with E-state index in [4.69, 9.17) is 0 Å². The fourth-order valence-corrected chi connectivity index (χ4v) is 0. The van der Waals surface area contributed by atoms with Crippen molar-refractivity contribution in [1.29, 1.82) is 0 Å². The van der Waals surface area contributed by atoms with E-state index < -0.39 is 0 Å². The topological polar surface area (TPSA) is 0 Å². The minimum Gasteiger partial charge on any atom is -1.00 e. The van der Waals surface area contributed by atoms with Gasteiger partial charge in [0.1, 0.15) is 0 Å². The standard InChI is InChI=1S/CH6Si.3K.3H/c1-2;;;;;;/h1-2H3;;;;;;/q;3*+1;3*-1. The van der Waals surface area contributed by atoms with E-state index >= 15 is 0 Å². The molecule has 0 rings (SSSR count). The molecule has 0 aromatic heterocycles. The Hall–Kier alpha value is 5.13. The van der Waals surface area contributed by atoms with Gasteiger partial charge in [-0.2, -0.15) is 0 Å². The quantitative estimate of drug-likeness (QED) is 0.314. The van der Waals surface area contributed by atoms with Crippen LogP contribution in [-0.2, 0) is 0 Å². The minimum atomic E-state index is 0. The molecule has 0 radical (unpaired) electrons. The van der Waals surface area contributed by atoms with E-state index in [0.717, 1.165) is 0 Å². The van der Waals surface area contributed by atoms with Gasteiger partial charge in [0, 0.05) is 0 Å². The third-order valence-electron chi connectivity index (χ3n) is 0. The van der Waals surface area contributed by atoms with Gasteiger partial charge < -0.3 is 4.28 Å². The van der Waals surface area contributed by atoms with E-state index in [9.17, 15) is 0 Å². The predicted octanol–water partition coefficient (Wildman–Crippen LogP) is -9.25. The fourth-order valence-electron chi connectivity index (χ4n) is 0. The van der Waals surface area contributed by atoms with Crippen LogP contribution in [0, 0.1) is 0 Å². The molecule has 0 nitrogen and oxygen atoms in total. The molecule has 0 aromatic carbocycles. The van der Waals surface area contributed by atoms with Crippen molar-refractivity contribution in [3.05, 3.63) is 0 Å². The third kappa shape index (κ3) is 17.6. The van der Waals surface area contributed by atoms with Crippen molar-refractivity contribution in [3.8, 4) is 0 Å². The molecule has 0 aliphatic heterocycles. The summed E-state index contributed by atoms with van der Waals surface area (Å²) in [6.07, 6.45) is 0. The van der Waals surface area contributed by atoms with Crippen molar-refractivity contribution in [1.82, 2.24) is 0 Å². The average molecular weight is 166 g/mol. The van der Waals surface area contributed by atoms with Crippen LogP contribution < -0.4 is 154 Å². The molecule has 0 N–H and O–H groups in total. The molecule has 5 heavy (non-hydrogen) atoms. The molecular weight excluding hydrogens is 157 g/mol. The second-order valence-electron chi connectivity index (χ2n) is 0. The van der Waals surface area contributed by atoms with Gasteiger partial charge in [0.15, 0.2) is 0 Å². The molecule has 0 aromatic rings. The van der Waals surface area contributed by atoms with E-state index in [2.05, 4.69) is 6.55 Å². The second kappa shape index (κ2) is 22.9. The summed E-state index contributed by atoms with van der Waals surface area (Å²) >= 11 is 0. The molecule has 0 saturated carbocycles. The first kappa shape index (κ1) is 22.5. The fraction of sp³-hybridized carbons (Fsp3) is 1.00. The van der Waals surface area contributed by atoms with E-state index in [1.54, 1.807) is 0 Å². The molecule has 0 aliphatic carbocycles. The zero-order chi connectivity index (χ0) is 2.00. The predicted molar refractivity (Wildman–Crippen MR) is 19.1 cm³/mol. The van der Waals surface area contributed by atoms with Crippen molar-refractivity contribution in [2.75, 3.05) is 0 Å². The van der Waals surface area contributed by atoms with Crippen molar-refractivity contribution in [3.63, 3.8) is 0 Å². The van der Waals surface area contributed by atoms with Gasteiger partial charge in [-0.1, -0.05) is 6.55 Å². The monoisotopic (exact) mass is 166 g/mol. The van der Waals surface area contributed by atoms with Gasteiger partial charge in [0.2, 0.25) is 0 Å². The normalized spacial score (nSPS) is 1.80. The zero-order valence-electron chi connectivity index (χ0n) is 8.00. The van der Waals surface area contributed by atoms with E-state index in [1.165, 1.54) is 10.2 Å². The Kier molecular flexibility index (Phi) is 103. The van der Waals surface area contributed by atoms with Crippen LogP contribution in [0.1, 0.15) is 4.28 Å². The van der Waals surface area contributed by atoms with Gasteiger partial charge >= 0.3 is 154 Å². The second-order valence-corrected chi connectivity index (χ2v) is 0. The molecule has 0 aliphatic rings. The summed E-state index contributed by atoms with van der Waals surface area (Å²) in [5.41, 5.74) is 0. The Bertz CT molecular complexity index is 14.5. The molecular formula is CH9K3Si. The van der Waals surface area contributed by atoms with Gasteiger partial charge in [0.25, 0.3) is 0 Å². The van der Waals surface area contributed by atoms with Gasteiger partial charge in [-0.15, -0.1) is 0 Å². The molecule has 20 valence electrons. The van der Waals surface area contributed by atoms with Crippen molar-refractivity contribution >= 4 is 10.2 Å². The first-order valence-electron chi connectivity index (χ1n) is 1.00. The molecule has 4 heteroatoms. The van der Waals surface area contributed by atoms with Crippen molar-refractivity contribution in [2.24, 2.45) is 0 Å². The van der Waals surface area contributed by atoms with Crippen LogP contribution in [0.5, 0.6) is 0 Å². The maximum Gasteiger partial charge on any atom is 1.00 e. The maximum atomic E-state index is 2.14. The van der Waals surface area contributed by atoms with Gasteiger partial charge in [0.05, 0.1) is 0 Å². The van der Waals surface area contributed by atoms with Crippen LogP contribution in [0.2, 0.25) is 6.55 Å². The summed E-state index contributed by atoms with van der Waals surface area (Å²) < 4.78 is 0. The largest absolute Gasteiger partial charge is 1.00 e. The molecule has 0 spiro atoms. The molecule has 0 unspecified atom stereocenters. The number of rotatable bonds is 0. The van der Waals surface area contributed by atoms with Gasteiger partial charge in [-0.3, -0.25) is 0 Å².